The van der Waals surface area contributed by atoms with E-state index < -0.39 is 25.2 Å². The maximum atomic E-state index is 11.6. The van der Waals surface area contributed by atoms with Gasteiger partial charge in [-0.2, -0.15) is 18.4 Å². The Kier molecular flexibility index (Phi) is 5.75. The number of carbonyl (C=O) groups excluding carboxylic acids is 1. The number of nitrogens with zero attached hydrogens (tertiary/aromatic N) is 1. The van der Waals surface area contributed by atoms with Gasteiger partial charge in [0, 0.05) is 12.3 Å². The van der Waals surface area contributed by atoms with Gasteiger partial charge in [-0.05, 0) is 13.3 Å². The summed E-state index contributed by atoms with van der Waals surface area (Å²) in [7, 11) is 0. The Morgan fingerprint density at radius 1 is 1.53 bits per heavy atom. The van der Waals surface area contributed by atoms with Gasteiger partial charge in [0.05, 0.1) is 19.1 Å². The maximum Gasteiger partial charge on any atom is 0.392 e. The number of nitriles is 1. The lowest BCUT2D eigenvalue weighted by molar-refractivity contribution is -0.159. The molecule has 0 aliphatic heterocycles. The van der Waals surface area contributed by atoms with Gasteiger partial charge in [0.2, 0.25) is 0 Å². The van der Waals surface area contributed by atoms with Gasteiger partial charge >= 0.3 is 12.1 Å². The van der Waals surface area contributed by atoms with Gasteiger partial charge in [-0.15, -0.1) is 0 Å². The summed E-state index contributed by atoms with van der Waals surface area (Å²) in [6, 6.07) is 1.91. The Morgan fingerprint density at radius 3 is 2.60 bits per heavy atom. The van der Waals surface area contributed by atoms with Crippen molar-refractivity contribution < 1.29 is 22.7 Å². The average molecular weight is 223 g/mol. The summed E-state index contributed by atoms with van der Waals surface area (Å²) >= 11 is 0. The minimum Gasteiger partial charge on any atom is -0.465 e. The van der Waals surface area contributed by atoms with Gasteiger partial charge < -0.3 is 4.74 Å². The molecule has 0 aromatic carbocycles. The van der Waals surface area contributed by atoms with Gasteiger partial charge in [0.1, 0.15) is 0 Å². The first-order chi connectivity index (χ1) is 6.85. The Hall–Kier alpha value is -1.25. The van der Waals surface area contributed by atoms with Crippen LogP contribution in [-0.4, -0.2) is 18.8 Å². The van der Waals surface area contributed by atoms with Crippen LogP contribution >= 0.6 is 0 Å². The Labute approximate surface area is 85.8 Å². The minimum absolute atomic E-state index is 0.0212. The summed E-state index contributed by atoms with van der Waals surface area (Å²) in [6.45, 7) is 0.978. The van der Waals surface area contributed by atoms with Crippen LogP contribution in [0.25, 0.3) is 0 Å². The first kappa shape index (κ1) is 13.8. The predicted octanol–water partition coefficient (Wildman–Crippen LogP) is 2.42. The zero-order valence-corrected chi connectivity index (χ0v) is 8.30. The van der Waals surface area contributed by atoms with E-state index in [-0.39, 0.29) is 12.3 Å². The molecular weight excluding hydrogens is 211 g/mol. The van der Waals surface area contributed by atoms with Crippen LogP contribution in [0.5, 0.6) is 0 Å². The largest absolute Gasteiger partial charge is 0.465 e. The van der Waals surface area contributed by atoms with E-state index in [9.17, 15) is 18.0 Å². The molecule has 3 nitrogen and oxygen atoms in total. The second-order valence-electron chi connectivity index (χ2n) is 3.15. The molecule has 1 unspecified atom stereocenters. The summed E-state index contributed by atoms with van der Waals surface area (Å²) in [4.78, 5) is 10.9. The lowest BCUT2D eigenvalue weighted by Gasteiger charge is -2.07. The van der Waals surface area contributed by atoms with Crippen molar-refractivity contribution in [1.29, 1.82) is 5.26 Å². The van der Waals surface area contributed by atoms with Crippen molar-refractivity contribution in [2.24, 2.45) is 5.92 Å². The molecule has 0 aliphatic rings. The number of hydrogen-bond donors (Lipinski definition) is 0. The monoisotopic (exact) mass is 223 g/mol. The van der Waals surface area contributed by atoms with Crippen molar-refractivity contribution in [3.8, 4) is 6.07 Å². The van der Waals surface area contributed by atoms with Crippen LogP contribution < -0.4 is 0 Å². The zero-order chi connectivity index (χ0) is 11.9. The molecule has 0 heterocycles. The van der Waals surface area contributed by atoms with Gasteiger partial charge in [-0.1, -0.05) is 0 Å². The number of alkyl halides is 3. The number of esters is 1. The second kappa shape index (κ2) is 6.27. The summed E-state index contributed by atoms with van der Waals surface area (Å²) in [5.74, 6) is -0.985. The van der Waals surface area contributed by atoms with Crippen LogP contribution in [0, 0.1) is 17.2 Å². The van der Waals surface area contributed by atoms with Crippen molar-refractivity contribution >= 4 is 5.97 Å². The van der Waals surface area contributed by atoms with Gasteiger partial charge in [0.25, 0.3) is 0 Å². The van der Waals surface area contributed by atoms with Crippen LogP contribution in [0.2, 0.25) is 0 Å². The predicted molar refractivity (Wildman–Crippen MR) is 45.6 cm³/mol. The quantitative estimate of drug-likeness (QED) is 0.672. The van der Waals surface area contributed by atoms with Crippen LogP contribution in [0.1, 0.15) is 26.2 Å². The fraction of sp³-hybridized carbons (Fsp3) is 0.778. The topological polar surface area (TPSA) is 50.1 Å². The van der Waals surface area contributed by atoms with Crippen molar-refractivity contribution in [3.05, 3.63) is 0 Å². The van der Waals surface area contributed by atoms with Crippen molar-refractivity contribution in [2.75, 3.05) is 6.61 Å². The summed E-state index contributed by atoms with van der Waals surface area (Å²) in [5.41, 5.74) is 0. The van der Waals surface area contributed by atoms with Gasteiger partial charge in [-0.25, -0.2) is 0 Å². The molecule has 1 atom stereocenters. The number of hydrogen-bond acceptors (Lipinski definition) is 3. The first-order valence-electron chi connectivity index (χ1n) is 4.47. The molecule has 0 N–H and O–H groups in total. The molecule has 0 aliphatic carbocycles. The Morgan fingerprint density at radius 2 is 2.13 bits per heavy atom. The molecule has 0 saturated carbocycles. The molecular formula is C9H12F3NO2. The number of ether oxygens (including phenoxy) is 1. The minimum atomic E-state index is -4.31. The summed E-state index contributed by atoms with van der Waals surface area (Å²) in [6.07, 6.45) is -5.15. The van der Waals surface area contributed by atoms with Crippen molar-refractivity contribution in [3.63, 3.8) is 0 Å². The molecule has 0 bridgehead atoms. The van der Waals surface area contributed by atoms with E-state index in [1.54, 1.807) is 6.92 Å². The molecule has 0 aromatic rings. The number of rotatable bonds is 5. The summed E-state index contributed by atoms with van der Waals surface area (Å²) < 4.78 is 39.3. The smallest absolute Gasteiger partial charge is 0.392 e. The zero-order valence-electron chi connectivity index (χ0n) is 8.30. The Balaban J connectivity index is 3.55. The van der Waals surface area contributed by atoms with E-state index in [0.717, 1.165) is 0 Å². The Bertz CT molecular complexity index is 245. The molecule has 86 valence electrons. The highest BCUT2D eigenvalue weighted by Crippen LogP contribution is 2.19. The molecule has 0 radical (unpaired) electrons. The lowest BCUT2D eigenvalue weighted by Crippen LogP contribution is -2.14. The molecule has 0 amide bonds. The van der Waals surface area contributed by atoms with E-state index in [1.165, 1.54) is 0 Å². The van der Waals surface area contributed by atoms with Crippen LogP contribution in [-0.2, 0) is 9.53 Å². The molecule has 0 fully saturated rings. The third kappa shape index (κ3) is 9.06. The van der Waals surface area contributed by atoms with E-state index in [4.69, 9.17) is 5.26 Å². The van der Waals surface area contributed by atoms with Crippen molar-refractivity contribution in [2.45, 2.75) is 32.4 Å². The maximum absolute atomic E-state index is 11.6. The van der Waals surface area contributed by atoms with Crippen LogP contribution in [0.3, 0.4) is 0 Å². The van der Waals surface area contributed by atoms with E-state index in [1.807, 2.05) is 6.07 Å². The number of carbonyl (C=O) groups is 1. The van der Waals surface area contributed by atoms with Crippen molar-refractivity contribution in [1.82, 2.24) is 0 Å². The molecule has 0 saturated heterocycles. The fourth-order valence-corrected chi connectivity index (χ4v) is 0.752. The molecule has 0 spiro atoms. The average Bonchev–Trinajstić information content (AvgIpc) is 2.12. The SMILES string of the molecule is CC(C#N)CCC(=O)OCCC(F)(F)F. The first-order valence-corrected chi connectivity index (χ1v) is 4.47. The standard InChI is InChI=1S/C9H12F3NO2/c1-7(6-13)2-3-8(14)15-5-4-9(10,11)12/h7H,2-5H2,1H3. The van der Waals surface area contributed by atoms with Gasteiger partial charge in [0.15, 0.2) is 0 Å². The highest BCUT2D eigenvalue weighted by atomic mass is 19.4. The third-order valence-electron chi connectivity index (χ3n) is 1.65. The number of halogens is 3. The second-order valence-corrected chi connectivity index (χ2v) is 3.15. The molecule has 0 aromatic heterocycles. The van der Waals surface area contributed by atoms with E-state index >= 15 is 0 Å². The van der Waals surface area contributed by atoms with Gasteiger partial charge in [-0.3, -0.25) is 4.79 Å². The third-order valence-corrected chi connectivity index (χ3v) is 1.65. The lowest BCUT2D eigenvalue weighted by atomic mass is 10.1. The van der Waals surface area contributed by atoms with E-state index in [2.05, 4.69) is 4.74 Å². The highest BCUT2D eigenvalue weighted by Gasteiger charge is 2.27. The van der Waals surface area contributed by atoms with Crippen LogP contribution in [0.4, 0.5) is 13.2 Å². The normalized spacial score (nSPS) is 13.0. The fourth-order valence-electron chi connectivity index (χ4n) is 0.752. The summed E-state index contributed by atoms with van der Waals surface area (Å²) in [5, 5.41) is 8.38. The van der Waals surface area contributed by atoms with Crippen LogP contribution in [0.15, 0.2) is 0 Å². The molecule has 6 heteroatoms. The molecule has 15 heavy (non-hydrogen) atoms. The highest BCUT2D eigenvalue weighted by molar-refractivity contribution is 5.69. The van der Waals surface area contributed by atoms with E-state index in [0.29, 0.717) is 6.42 Å². The molecule has 0 rings (SSSR count).